The summed E-state index contributed by atoms with van der Waals surface area (Å²) in [6.45, 7) is 6.82. The molecule has 4 unspecified atom stereocenters. The van der Waals surface area contributed by atoms with Crippen LogP contribution in [0.15, 0.2) is 0 Å². The minimum atomic E-state index is 0.408. The zero-order chi connectivity index (χ0) is 11.0. The minimum Gasteiger partial charge on any atom is -0.299 e. The fraction of sp³-hybridized carbons (Fsp3) is 0.929. The topological polar surface area (TPSA) is 17.1 Å². The van der Waals surface area contributed by atoms with Gasteiger partial charge in [-0.25, -0.2) is 0 Å². The van der Waals surface area contributed by atoms with Crippen molar-refractivity contribution in [3.05, 3.63) is 0 Å². The lowest BCUT2D eigenvalue weighted by atomic mass is 9.74. The van der Waals surface area contributed by atoms with Crippen molar-refractivity contribution in [2.24, 2.45) is 29.6 Å². The van der Waals surface area contributed by atoms with E-state index in [4.69, 9.17) is 0 Å². The van der Waals surface area contributed by atoms with Gasteiger partial charge in [-0.15, -0.1) is 0 Å². The van der Waals surface area contributed by atoms with Gasteiger partial charge in [0, 0.05) is 11.8 Å². The van der Waals surface area contributed by atoms with E-state index in [-0.39, 0.29) is 0 Å². The first kappa shape index (κ1) is 11.2. The van der Waals surface area contributed by atoms with E-state index in [1.807, 2.05) is 0 Å². The van der Waals surface area contributed by atoms with Crippen LogP contribution in [0.5, 0.6) is 0 Å². The molecule has 2 saturated carbocycles. The van der Waals surface area contributed by atoms with Crippen molar-refractivity contribution in [1.29, 1.82) is 0 Å². The third kappa shape index (κ3) is 2.43. The fourth-order valence-corrected chi connectivity index (χ4v) is 3.53. The van der Waals surface area contributed by atoms with Gasteiger partial charge in [-0.05, 0) is 43.4 Å². The molecule has 0 bridgehead atoms. The summed E-state index contributed by atoms with van der Waals surface area (Å²) in [5.74, 6) is 3.75. The van der Waals surface area contributed by atoms with Gasteiger partial charge >= 0.3 is 0 Å². The van der Waals surface area contributed by atoms with E-state index in [1.165, 1.54) is 19.3 Å². The van der Waals surface area contributed by atoms with E-state index in [9.17, 15) is 4.79 Å². The molecule has 86 valence electrons. The Morgan fingerprint density at radius 1 is 1.07 bits per heavy atom. The highest BCUT2D eigenvalue weighted by molar-refractivity contribution is 5.86. The van der Waals surface area contributed by atoms with Crippen LogP contribution in [0.25, 0.3) is 0 Å². The smallest absolute Gasteiger partial charge is 0.139 e. The molecule has 15 heavy (non-hydrogen) atoms. The molecular formula is C14H24O. The average Bonchev–Trinajstić information content (AvgIpc) is 2.94. The first-order valence-corrected chi connectivity index (χ1v) is 6.65. The van der Waals surface area contributed by atoms with E-state index >= 15 is 0 Å². The molecule has 0 aromatic rings. The van der Waals surface area contributed by atoms with Crippen molar-refractivity contribution >= 4 is 5.78 Å². The SMILES string of the molecule is CCC1CC1C(=O)C1CC(C)CC(C)C1. The van der Waals surface area contributed by atoms with Gasteiger partial charge in [-0.3, -0.25) is 4.79 Å². The van der Waals surface area contributed by atoms with Crippen LogP contribution in [0.3, 0.4) is 0 Å². The van der Waals surface area contributed by atoms with Gasteiger partial charge in [0.25, 0.3) is 0 Å². The standard InChI is InChI=1S/C14H24O/c1-4-11-8-13(11)14(15)12-6-9(2)5-10(3)7-12/h9-13H,4-8H2,1-3H3. The molecule has 0 radical (unpaired) electrons. The zero-order valence-electron chi connectivity index (χ0n) is 10.3. The van der Waals surface area contributed by atoms with Crippen molar-refractivity contribution < 1.29 is 4.79 Å². The number of Topliss-reactive ketones (excluding diaryl/α,β-unsaturated/α-hetero) is 1. The fourth-order valence-electron chi connectivity index (χ4n) is 3.53. The summed E-state index contributed by atoms with van der Waals surface area (Å²) < 4.78 is 0. The lowest BCUT2D eigenvalue weighted by molar-refractivity contribution is -0.126. The Balaban J connectivity index is 1.90. The highest BCUT2D eigenvalue weighted by Gasteiger charge is 2.44. The van der Waals surface area contributed by atoms with Crippen molar-refractivity contribution in [3.63, 3.8) is 0 Å². The molecule has 0 spiro atoms. The molecular weight excluding hydrogens is 184 g/mol. The van der Waals surface area contributed by atoms with Gasteiger partial charge in [0.05, 0.1) is 0 Å². The van der Waals surface area contributed by atoms with E-state index in [1.54, 1.807) is 0 Å². The van der Waals surface area contributed by atoms with Crippen LogP contribution in [-0.4, -0.2) is 5.78 Å². The van der Waals surface area contributed by atoms with Crippen molar-refractivity contribution in [2.45, 2.75) is 52.9 Å². The summed E-state index contributed by atoms with van der Waals surface area (Å²) in [6, 6.07) is 0. The lowest BCUT2D eigenvalue weighted by Gasteiger charge is -2.30. The summed E-state index contributed by atoms with van der Waals surface area (Å²) in [5.41, 5.74) is 0. The average molecular weight is 208 g/mol. The van der Waals surface area contributed by atoms with Gasteiger partial charge in [0.1, 0.15) is 5.78 Å². The largest absolute Gasteiger partial charge is 0.299 e. The van der Waals surface area contributed by atoms with Gasteiger partial charge in [0.15, 0.2) is 0 Å². The Morgan fingerprint density at radius 3 is 2.13 bits per heavy atom. The first-order valence-electron chi connectivity index (χ1n) is 6.65. The summed E-state index contributed by atoms with van der Waals surface area (Å²) in [4.78, 5) is 12.2. The summed E-state index contributed by atoms with van der Waals surface area (Å²) >= 11 is 0. The van der Waals surface area contributed by atoms with E-state index in [2.05, 4.69) is 20.8 Å². The zero-order valence-corrected chi connectivity index (χ0v) is 10.3. The maximum Gasteiger partial charge on any atom is 0.139 e. The molecule has 0 N–H and O–H groups in total. The number of hydrogen-bond acceptors (Lipinski definition) is 1. The number of rotatable bonds is 3. The number of hydrogen-bond donors (Lipinski definition) is 0. The highest BCUT2D eigenvalue weighted by atomic mass is 16.1. The molecule has 0 aliphatic heterocycles. The minimum absolute atomic E-state index is 0.408. The molecule has 2 rings (SSSR count). The summed E-state index contributed by atoms with van der Waals surface area (Å²) in [7, 11) is 0. The molecule has 1 nitrogen and oxygen atoms in total. The second kappa shape index (κ2) is 4.27. The van der Waals surface area contributed by atoms with Gasteiger partial charge in [-0.1, -0.05) is 27.2 Å². The number of carbonyl (C=O) groups is 1. The van der Waals surface area contributed by atoms with E-state index in [0.717, 1.165) is 30.6 Å². The van der Waals surface area contributed by atoms with Crippen molar-refractivity contribution in [3.8, 4) is 0 Å². The van der Waals surface area contributed by atoms with Crippen LogP contribution >= 0.6 is 0 Å². The van der Waals surface area contributed by atoms with E-state index < -0.39 is 0 Å². The Morgan fingerprint density at radius 2 is 1.67 bits per heavy atom. The maximum atomic E-state index is 12.2. The van der Waals surface area contributed by atoms with Crippen LogP contribution in [0.1, 0.15) is 52.9 Å². The highest BCUT2D eigenvalue weighted by Crippen LogP contribution is 2.46. The van der Waals surface area contributed by atoms with Crippen molar-refractivity contribution in [2.75, 3.05) is 0 Å². The number of ketones is 1. The molecule has 4 atom stereocenters. The molecule has 0 heterocycles. The molecule has 0 aromatic heterocycles. The molecule has 0 aromatic carbocycles. The monoisotopic (exact) mass is 208 g/mol. The van der Waals surface area contributed by atoms with Gasteiger partial charge in [0.2, 0.25) is 0 Å². The van der Waals surface area contributed by atoms with E-state index in [0.29, 0.717) is 17.6 Å². The summed E-state index contributed by atoms with van der Waals surface area (Å²) in [6.07, 6.45) is 6.04. The molecule has 2 aliphatic carbocycles. The first-order chi connectivity index (χ1) is 7.11. The molecule has 2 fully saturated rings. The summed E-state index contributed by atoms with van der Waals surface area (Å²) in [5, 5.41) is 0. The van der Waals surface area contributed by atoms with Crippen LogP contribution in [0.2, 0.25) is 0 Å². The van der Waals surface area contributed by atoms with Crippen LogP contribution in [0, 0.1) is 29.6 Å². The molecule has 0 amide bonds. The normalized spacial score (nSPS) is 45.1. The molecule has 2 aliphatic rings. The van der Waals surface area contributed by atoms with Crippen molar-refractivity contribution in [1.82, 2.24) is 0 Å². The third-order valence-corrected chi connectivity index (χ3v) is 4.39. The second-order valence-electron chi connectivity index (χ2n) is 6.03. The second-order valence-corrected chi connectivity index (χ2v) is 6.03. The maximum absolute atomic E-state index is 12.2. The molecule has 0 saturated heterocycles. The Kier molecular flexibility index (Phi) is 3.18. The van der Waals surface area contributed by atoms with Gasteiger partial charge in [-0.2, -0.15) is 0 Å². The predicted molar refractivity (Wildman–Crippen MR) is 62.6 cm³/mol. The Labute approximate surface area is 93.6 Å². The Hall–Kier alpha value is -0.330. The Bertz CT molecular complexity index is 236. The molecule has 1 heteroatoms. The number of carbonyl (C=O) groups excluding carboxylic acids is 1. The van der Waals surface area contributed by atoms with Gasteiger partial charge < -0.3 is 0 Å². The van der Waals surface area contributed by atoms with Crippen LogP contribution < -0.4 is 0 Å². The quantitative estimate of drug-likeness (QED) is 0.691. The third-order valence-electron chi connectivity index (χ3n) is 4.39. The van der Waals surface area contributed by atoms with Crippen LogP contribution in [-0.2, 0) is 4.79 Å². The lowest BCUT2D eigenvalue weighted by Crippen LogP contribution is -2.27. The predicted octanol–water partition coefficient (Wildman–Crippen LogP) is 3.67. The van der Waals surface area contributed by atoms with Crippen LogP contribution in [0.4, 0.5) is 0 Å².